The maximum atomic E-state index is 12.2. The zero-order chi connectivity index (χ0) is 13.1. The summed E-state index contributed by atoms with van der Waals surface area (Å²) in [6.45, 7) is 3.04. The van der Waals surface area contributed by atoms with E-state index in [1.165, 1.54) is 0 Å². The Morgan fingerprint density at radius 3 is 2.68 bits per heavy atom. The second-order valence-corrected chi connectivity index (χ2v) is 6.13. The number of hydrogen-bond donors (Lipinski definition) is 0. The molecule has 0 bridgehead atoms. The molecule has 2 fully saturated rings. The van der Waals surface area contributed by atoms with E-state index < -0.39 is 5.79 Å². The smallest absolute Gasteiger partial charge is 0.227 e. The molecule has 2 saturated heterocycles. The summed E-state index contributed by atoms with van der Waals surface area (Å²) < 4.78 is 11.6. The molecule has 104 valence electrons. The Labute approximate surface area is 117 Å². The van der Waals surface area contributed by atoms with Crippen molar-refractivity contribution in [1.29, 1.82) is 0 Å². The Morgan fingerprint density at radius 1 is 1.32 bits per heavy atom. The summed E-state index contributed by atoms with van der Waals surface area (Å²) in [6.07, 6.45) is 3.08. The Hall–Kier alpha value is -0.910. The van der Waals surface area contributed by atoms with E-state index in [0.717, 1.165) is 50.4 Å². The van der Waals surface area contributed by atoms with Crippen LogP contribution in [0, 0.1) is 0 Å². The van der Waals surface area contributed by atoms with Gasteiger partial charge >= 0.3 is 0 Å². The van der Waals surface area contributed by atoms with Gasteiger partial charge in [-0.05, 0) is 17.9 Å². The molecule has 0 radical (unpaired) electrons. The highest BCUT2D eigenvalue weighted by molar-refractivity contribution is 7.10. The van der Waals surface area contributed by atoms with Gasteiger partial charge in [0.05, 0.1) is 19.6 Å². The summed E-state index contributed by atoms with van der Waals surface area (Å²) in [5, 5.41) is 2.01. The molecule has 2 aliphatic heterocycles. The lowest BCUT2D eigenvalue weighted by molar-refractivity contribution is -0.282. The van der Waals surface area contributed by atoms with Crippen LogP contribution in [0.15, 0.2) is 17.5 Å². The largest absolute Gasteiger partial charge is 0.350 e. The van der Waals surface area contributed by atoms with Gasteiger partial charge in [0.1, 0.15) is 0 Å². The molecule has 0 unspecified atom stereocenters. The molecule has 1 spiro atoms. The summed E-state index contributed by atoms with van der Waals surface area (Å²) in [4.78, 5) is 15.3. The highest BCUT2D eigenvalue weighted by Crippen LogP contribution is 2.30. The van der Waals surface area contributed by atoms with Crippen LogP contribution in [-0.2, 0) is 20.7 Å². The van der Waals surface area contributed by atoms with Gasteiger partial charge in [-0.3, -0.25) is 4.79 Å². The van der Waals surface area contributed by atoms with Gasteiger partial charge in [-0.15, -0.1) is 11.3 Å². The van der Waals surface area contributed by atoms with Crippen molar-refractivity contribution in [3.63, 3.8) is 0 Å². The fourth-order valence-electron chi connectivity index (χ4n) is 2.68. The predicted octanol–water partition coefficient (Wildman–Crippen LogP) is 2.05. The van der Waals surface area contributed by atoms with E-state index in [1.807, 2.05) is 22.4 Å². The van der Waals surface area contributed by atoms with Gasteiger partial charge in [-0.25, -0.2) is 0 Å². The van der Waals surface area contributed by atoms with Crippen molar-refractivity contribution in [2.75, 3.05) is 26.3 Å². The Bertz CT molecular complexity index is 416. The average Bonchev–Trinajstić information content (AvgIpc) is 2.93. The molecule has 5 heteroatoms. The fraction of sp³-hybridized carbons (Fsp3) is 0.643. The Balaban J connectivity index is 1.53. The van der Waals surface area contributed by atoms with Gasteiger partial charge in [0.15, 0.2) is 5.79 Å². The minimum absolute atomic E-state index is 0.216. The van der Waals surface area contributed by atoms with Crippen molar-refractivity contribution in [2.24, 2.45) is 0 Å². The molecular formula is C14H19NO3S. The van der Waals surface area contributed by atoms with Crippen LogP contribution in [0.3, 0.4) is 0 Å². The van der Waals surface area contributed by atoms with Gasteiger partial charge < -0.3 is 14.4 Å². The lowest BCUT2D eigenvalue weighted by Gasteiger charge is -2.43. The highest BCUT2D eigenvalue weighted by Gasteiger charge is 2.39. The van der Waals surface area contributed by atoms with E-state index in [4.69, 9.17) is 9.47 Å². The first-order chi connectivity index (χ1) is 9.27. The van der Waals surface area contributed by atoms with Crippen molar-refractivity contribution >= 4 is 17.2 Å². The zero-order valence-electron chi connectivity index (χ0n) is 11.0. The van der Waals surface area contributed by atoms with Crippen LogP contribution in [0.5, 0.6) is 0 Å². The number of rotatable bonds is 2. The van der Waals surface area contributed by atoms with Crippen LogP contribution >= 0.6 is 11.3 Å². The normalized spacial score (nSPS) is 22.6. The van der Waals surface area contributed by atoms with Gasteiger partial charge in [0.2, 0.25) is 5.91 Å². The van der Waals surface area contributed by atoms with Crippen LogP contribution < -0.4 is 0 Å². The standard InChI is InChI=1S/C14H19NO3S/c16-13(11-12-3-1-10-19-12)15-6-4-14(5-7-15)17-8-2-9-18-14/h1,3,10H,2,4-9,11H2. The van der Waals surface area contributed by atoms with Gasteiger partial charge in [0, 0.05) is 30.8 Å². The molecule has 0 saturated carbocycles. The van der Waals surface area contributed by atoms with E-state index in [2.05, 4.69) is 0 Å². The molecule has 0 atom stereocenters. The molecule has 3 heterocycles. The van der Waals surface area contributed by atoms with Crippen LogP contribution in [-0.4, -0.2) is 42.9 Å². The Kier molecular flexibility index (Phi) is 3.86. The van der Waals surface area contributed by atoms with Crippen molar-refractivity contribution in [3.8, 4) is 0 Å². The van der Waals surface area contributed by atoms with E-state index in [9.17, 15) is 4.79 Å². The number of carbonyl (C=O) groups is 1. The maximum absolute atomic E-state index is 12.2. The molecule has 1 amide bonds. The molecule has 4 nitrogen and oxygen atoms in total. The first kappa shape index (κ1) is 13.1. The SMILES string of the molecule is O=C(Cc1cccs1)N1CCC2(CC1)OCCCO2. The van der Waals surface area contributed by atoms with Crippen molar-refractivity contribution < 1.29 is 14.3 Å². The van der Waals surface area contributed by atoms with Crippen LogP contribution in [0.1, 0.15) is 24.1 Å². The predicted molar refractivity (Wildman–Crippen MR) is 73.1 cm³/mol. The quantitative estimate of drug-likeness (QED) is 0.833. The number of amides is 1. The summed E-state index contributed by atoms with van der Waals surface area (Å²) in [7, 11) is 0. The van der Waals surface area contributed by atoms with E-state index in [0.29, 0.717) is 6.42 Å². The summed E-state index contributed by atoms with van der Waals surface area (Å²) >= 11 is 1.64. The van der Waals surface area contributed by atoms with E-state index in [-0.39, 0.29) is 5.91 Å². The van der Waals surface area contributed by atoms with Crippen LogP contribution in [0.4, 0.5) is 0 Å². The molecule has 0 aliphatic carbocycles. The highest BCUT2D eigenvalue weighted by atomic mass is 32.1. The summed E-state index contributed by atoms with van der Waals surface area (Å²) in [5.74, 6) is -0.189. The molecule has 1 aromatic rings. The third-order valence-electron chi connectivity index (χ3n) is 3.80. The minimum Gasteiger partial charge on any atom is -0.350 e. The molecular weight excluding hydrogens is 262 g/mol. The first-order valence-corrected chi connectivity index (χ1v) is 7.73. The van der Waals surface area contributed by atoms with Crippen molar-refractivity contribution in [1.82, 2.24) is 4.90 Å². The van der Waals surface area contributed by atoms with Gasteiger partial charge in [0.25, 0.3) is 0 Å². The summed E-state index contributed by atoms with van der Waals surface area (Å²) in [5.41, 5.74) is 0. The van der Waals surface area contributed by atoms with E-state index in [1.54, 1.807) is 11.3 Å². The fourth-order valence-corrected chi connectivity index (χ4v) is 3.37. The van der Waals surface area contributed by atoms with E-state index >= 15 is 0 Å². The molecule has 0 aromatic carbocycles. The maximum Gasteiger partial charge on any atom is 0.227 e. The molecule has 1 aromatic heterocycles. The number of nitrogens with zero attached hydrogens (tertiary/aromatic N) is 1. The monoisotopic (exact) mass is 281 g/mol. The second kappa shape index (κ2) is 5.61. The lowest BCUT2D eigenvalue weighted by atomic mass is 10.0. The average molecular weight is 281 g/mol. The van der Waals surface area contributed by atoms with Gasteiger partial charge in [-0.2, -0.15) is 0 Å². The first-order valence-electron chi connectivity index (χ1n) is 6.86. The number of piperidine rings is 1. The number of carbonyl (C=O) groups excluding carboxylic acids is 1. The lowest BCUT2D eigenvalue weighted by Crippen LogP contribution is -2.51. The second-order valence-electron chi connectivity index (χ2n) is 5.10. The molecule has 19 heavy (non-hydrogen) atoms. The molecule has 2 aliphatic rings. The minimum atomic E-state index is -0.405. The number of ether oxygens (including phenoxy) is 2. The van der Waals surface area contributed by atoms with Crippen LogP contribution in [0.2, 0.25) is 0 Å². The third-order valence-corrected chi connectivity index (χ3v) is 4.68. The van der Waals surface area contributed by atoms with Crippen molar-refractivity contribution in [2.45, 2.75) is 31.5 Å². The third kappa shape index (κ3) is 2.99. The molecule has 3 rings (SSSR count). The molecule has 0 N–H and O–H groups in total. The topological polar surface area (TPSA) is 38.8 Å². The number of hydrogen-bond acceptors (Lipinski definition) is 4. The number of thiophene rings is 1. The zero-order valence-corrected chi connectivity index (χ0v) is 11.8. The Morgan fingerprint density at radius 2 is 2.05 bits per heavy atom. The van der Waals surface area contributed by atoms with Crippen LogP contribution in [0.25, 0.3) is 0 Å². The van der Waals surface area contributed by atoms with Gasteiger partial charge in [-0.1, -0.05) is 6.07 Å². The summed E-state index contributed by atoms with van der Waals surface area (Å²) in [6, 6.07) is 4.00. The van der Waals surface area contributed by atoms with Crippen molar-refractivity contribution in [3.05, 3.63) is 22.4 Å². The number of likely N-dealkylation sites (tertiary alicyclic amines) is 1.